The number of nitrogens with one attached hydrogen (secondary N) is 1. The summed E-state index contributed by atoms with van der Waals surface area (Å²) in [6.07, 6.45) is 3.05. The van der Waals surface area contributed by atoms with Crippen LogP contribution in [-0.2, 0) is 0 Å². The molecule has 0 spiro atoms. The fourth-order valence-electron chi connectivity index (χ4n) is 2.17. The van der Waals surface area contributed by atoms with Crippen LogP contribution in [0.15, 0.2) is 22.8 Å². The first-order valence-corrected chi connectivity index (χ1v) is 6.47. The molecule has 3 heterocycles. The number of rotatable bonds is 2. The van der Waals surface area contributed by atoms with Crippen molar-refractivity contribution in [2.24, 2.45) is 0 Å². The third-order valence-electron chi connectivity index (χ3n) is 3.04. The lowest BCUT2D eigenvalue weighted by Crippen LogP contribution is -2.24. The van der Waals surface area contributed by atoms with Gasteiger partial charge in [-0.2, -0.15) is 4.98 Å². The maximum absolute atomic E-state index is 4.48. The van der Waals surface area contributed by atoms with Gasteiger partial charge in [0, 0.05) is 18.8 Å². The number of likely N-dealkylation sites (tertiary alicyclic amines) is 1. The fourth-order valence-corrected chi connectivity index (χ4v) is 2.59. The van der Waals surface area contributed by atoms with E-state index in [1.54, 1.807) is 4.52 Å². The smallest absolute Gasteiger partial charge is 0.243 e. The lowest BCUT2D eigenvalue weighted by Gasteiger charge is -2.10. The Hall–Kier alpha value is -1.14. The van der Waals surface area contributed by atoms with Gasteiger partial charge in [0.2, 0.25) is 5.95 Å². The number of nitrogens with zero attached hydrogens (tertiary/aromatic N) is 4. The van der Waals surface area contributed by atoms with Crippen molar-refractivity contribution in [1.82, 2.24) is 19.5 Å². The van der Waals surface area contributed by atoms with Crippen molar-refractivity contribution in [3.05, 3.63) is 22.8 Å². The highest BCUT2D eigenvalue weighted by Gasteiger charge is 2.20. The Balaban J connectivity index is 1.84. The van der Waals surface area contributed by atoms with Crippen LogP contribution in [0.5, 0.6) is 0 Å². The highest BCUT2D eigenvalue weighted by Crippen LogP contribution is 2.18. The summed E-state index contributed by atoms with van der Waals surface area (Å²) in [5, 5.41) is 7.79. The fraction of sp³-hybridized carbons (Fsp3) is 0.455. The number of hydrogen-bond acceptors (Lipinski definition) is 4. The number of likely N-dealkylation sites (N-methyl/N-ethyl adjacent to an activating group) is 1. The first-order chi connectivity index (χ1) is 8.22. The molecule has 0 aromatic carbocycles. The van der Waals surface area contributed by atoms with Crippen molar-refractivity contribution < 1.29 is 0 Å². The van der Waals surface area contributed by atoms with Gasteiger partial charge in [-0.05, 0) is 48.1 Å². The lowest BCUT2D eigenvalue weighted by molar-refractivity contribution is 0.414. The SMILES string of the molecule is CN1CCC(Nc2nc3c(Br)cccn3n2)C1. The molecule has 1 unspecified atom stereocenters. The van der Waals surface area contributed by atoms with Gasteiger partial charge in [0.25, 0.3) is 0 Å². The molecular weight excluding hydrogens is 282 g/mol. The summed E-state index contributed by atoms with van der Waals surface area (Å²) in [5.74, 6) is 0.706. The number of aromatic nitrogens is 3. The second kappa shape index (κ2) is 4.27. The summed E-state index contributed by atoms with van der Waals surface area (Å²) in [6, 6.07) is 4.37. The van der Waals surface area contributed by atoms with E-state index in [-0.39, 0.29) is 0 Å². The molecule has 2 aromatic rings. The Morgan fingerprint density at radius 1 is 1.53 bits per heavy atom. The number of hydrogen-bond donors (Lipinski definition) is 1. The van der Waals surface area contributed by atoms with Gasteiger partial charge in [-0.15, -0.1) is 5.10 Å². The van der Waals surface area contributed by atoms with E-state index in [9.17, 15) is 0 Å². The van der Waals surface area contributed by atoms with E-state index in [4.69, 9.17) is 0 Å². The second-order valence-electron chi connectivity index (χ2n) is 4.45. The zero-order valence-electron chi connectivity index (χ0n) is 9.60. The van der Waals surface area contributed by atoms with Crippen molar-refractivity contribution in [2.75, 3.05) is 25.5 Å². The van der Waals surface area contributed by atoms with Gasteiger partial charge in [0.05, 0.1) is 4.47 Å². The topological polar surface area (TPSA) is 45.5 Å². The van der Waals surface area contributed by atoms with Crippen LogP contribution in [0.3, 0.4) is 0 Å². The molecule has 1 N–H and O–H groups in total. The molecule has 2 aromatic heterocycles. The minimum absolute atomic E-state index is 0.455. The van der Waals surface area contributed by atoms with Crippen molar-refractivity contribution in [1.29, 1.82) is 0 Å². The molecule has 90 valence electrons. The van der Waals surface area contributed by atoms with Crippen molar-refractivity contribution in [3.8, 4) is 0 Å². The van der Waals surface area contributed by atoms with Gasteiger partial charge in [-0.1, -0.05) is 0 Å². The zero-order valence-corrected chi connectivity index (χ0v) is 11.2. The van der Waals surface area contributed by atoms with Gasteiger partial charge in [-0.3, -0.25) is 0 Å². The molecule has 3 rings (SSSR count). The van der Waals surface area contributed by atoms with Crippen LogP contribution in [0.2, 0.25) is 0 Å². The quantitative estimate of drug-likeness (QED) is 0.914. The highest BCUT2D eigenvalue weighted by molar-refractivity contribution is 9.10. The second-order valence-corrected chi connectivity index (χ2v) is 5.31. The molecule has 0 amide bonds. The van der Waals surface area contributed by atoms with E-state index in [2.05, 4.69) is 43.3 Å². The summed E-state index contributed by atoms with van der Waals surface area (Å²) in [4.78, 5) is 6.79. The molecule has 1 saturated heterocycles. The summed E-state index contributed by atoms with van der Waals surface area (Å²) >= 11 is 3.47. The Bertz CT molecular complexity index is 538. The molecule has 5 nitrogen and oxygen atoms in total. The molecule has 1 fully saturated rings. The lowest BCUT2D eigenvalue weighted by atomic mass is 10.3. The van der Waals surface area contributed by atoms with Crippen molar-refractivity contribution in [2.45, 2.75) is 12.5 Å². The molecule has 0 saturated carbocycles. The van der Waals surface area contributed by atoms with Crippen molar-refractivity contribution >= 4 is 27.5 Å². The largest absolute Gasteiger partial charge is 0.349 e. The monoisotopic (exact) mass is 295 g/mol. The average Bonchev–Trinajstić information content (AvgIpc) is 2.86. The molecule has 0 radical (unpaired) electrons. The number of fused-ring (bicyclic) bond motifs is 1. The van der Waals surface area contributed by atoms with Gasteiger partial charge in [-0.25, -0.2) is 4.52 Å². The third kappa shape index (κ3) is 2.14. The van der Waals surface area contributed by atoms with Gasteiger partial charge in [0.15, 0.2) is 5.65 Å². The zero-order chi connectivity index (χ0) is 11.8. The Kier molecular flexibility index (Phi) is 2.76. The van der Waals surface area contributed by atoms with Crippen LogP contribution < -0.4 is 5.32 Å². The summed E-state index contributed by atoms with van der Waals surface area (Å²) in [7, 11) is 2.13. The Morgan fingerprint density at radius 3 is 3.12 bits per heavy atom. The van der Waals surface area contributed by atoms with Crippen molar-refractivity contribution in [3.63, 3.8) is 0 Å². The first-order valence-electron chi connectivity index (χ1n) is 5.68. The van der Waals surface area contributed by atoms with E-state index < -0.39 is 0 Å². The molecule has 6 heteroatoms. The van der Waals surface area contributed by atoms with E-state index in [1.807, 2.05) is 18.3 Å². The molecule has 1 atom stereocenters. The van der Waals surface area contributed by atoms with Gasteiger partial charge >= 0.3 is 0 Å². The van der Waals surface area contributed by atoms with Gasteiger partial charge in [0.1, 0.15) is 0 Å². The molecular formula is C11H14BrN5. The highest BCUT2D eigenvalue weighted by atomic mass is 79.9. The predicted octanol–water partition coefficient (Wildman–Crippen LogP) is 1.61. The maximum atomic E-state index is 4.48. The maximum Gasteiger partial charge on any atom is 0.243 e. The van der Waals surface area contributed by atoms with E-state index >= 15 is 0 Å². The number of halogens is 1. The summed E-state index contributed by atoms with van der Waals surface area (Å²) in [6.45, 7) is 2.19. The van der Waals surface area contributed by atoms with Crippen LogP contribution >= 0.6 is 15.9 Å². The van der Waals surface area contributed by atoms with E-state index in [0.29, 0.717) is 12.0 Å². The summed E-state index contributed by atoms with van der Waals surface area (Å²) < 4.78 is 2.74. The molecule has 0 aliphatic carbocycles. The van der Waals surface area contributed by atoms with Gasteiger partial charge < -0.3 is 10.2 Å². The Morgan fingerprint density at radius 2 is 2.41 bits per heavy atom. The molecule has 17 heavy (non-hydrogen) atoms. The van der Waals surface area contributed by atoms with Crippen LogP contribution in [0, 0.1) is 0 Å². The normalized spacial score (nSPS) is 21.2. The van der Waals surface area contributed by atoms with E-state index in [1.165, 1.54) is 0 Å². The van der Waals surface area contributed by atoms with E-state index in [0.717, 1.165) is 29.6 Å². The summed E-state index contributed by atoms with van der Waals surface area (Å²) in [5.41, 5.74) is 0.848. The average molecular weight is 296 g/mol. The minimum Gasteiger partial charge on any atom is -0.349 e. The van der Waals surface area contributed by atoms with Crippen LogP contribution in [0.4, 0.5) is 5.95 Å². The van der Waals surface area contributed by atoms with Crippen LogP contribution in [-0.4, -0.2) is 45.7 Å². The standard InChI is InChI=1S/C11H14BrN5/c1-16-6-4-8(7-16)13-11-14-10-9(12)3-2-5-17(10)15-11/h2-3,5,8H,4,6-7H2,1H3,(H,13,15). The third-order valence-corrected chi connectivity index (χ3v) is 3.66. The first kappa shape index (κ1) is 11.0. The number of anilines is 1. The molecule has 1 aliphatic rings. The Labute approximate surface area is 108 Å². The molecule has 1 aliphatic heterocycles. The minimum atomic E-state index is 0.455. The molecule has 0 bridgehead atoms. The number of pyridine rings is 1. The van der Waals surface area contributed by atoms with Crippen LogP contribution in [0.25, 0.3) is 5.65 Å². The van der Waals surface area contributed by atoms with Crippen LogP contribution in [0.1, 0.15) is 6.42 Å². The predicted molar refractivity (Wildman–Crippen MR) is 70.2 cm³/mol.